The van der Waals surface area contributed by atoms with Gasteiger partial charge < -0.3 is 14.6 Å². The lowest BCUT2D eigenvalue weighted by Gasteiger charge is -2.08. The second-order valence-corrected chi connectivity index (χ2v) is 4.18. The van der Waals surface area contributed by atoms with E-state index in [1.165, 1.54) is 18.5 Å². The van der Waals surface area contributed by atoms with E-state index in [1.54, 1.807) is 6.07 Å². The molecule has 0 aliphatic carbocycles. The molecule has 6 heteroatoms. The number of carbonyl (C=O) groups is 1. The molecule has 0 spiro atoms. The van der Waals surface area contributed by atoms with Gasteiger partial charge in [0, 0.05) is 6.61 Å². The molecule has 6 nitrogen and oxygen atoms in total. The molecule has 0 aliphatic rings. The number of aromatic nitrogens is 2. The molecule has 0 amide bonds. The van der Waals surface area contributed by atoms with E-state index < -0.39 is 5.97 Å². The minimum absolute atomic E-state index is 0.188. The number of rotatable bonds is 7. The van der Waals surface area contributed by atoms with Crippen LogP contribution in [0.25, 0.3) is 10.9 Å². The Bertz CT molecular complexity index is 601. The smallest absolute Gasteiger partial charge is 0.335 e. The predicted octanol–water partition coefficient (Wildman–Crippen LogP) is 2.13. The SMILES string of the molecule is CCCOCCOc1ncnc2cc(C(=O)O)ccc12. The average molecular weight is 276 g/mol. The largest absolute Gasteiger partial charge is 0.478 e. The maximum absolute atomic E-state index is 10.9. The van der Waals surface area contributed by atoms with Gasteiger partial charge in [-0.05, 0) is 24.6 Å². The number of hydrogen-bond acceptors (Lipinski definition) is 5. The van der Waals surface area contributed by atoms with E-state index in [0.717, 1.165) is 6.42 Å². The summed E-state index contributed by atoms with van der Waals surface area (Å²) in [4.78, 5) is 19.0. The van der Waals surface area contributed by atoms with Gasteiger partial charge in [0.25, 0.3) is 0 Å². The number of fused-ring (bicyclic) bond motifs is 1. The van der Waals surface area contributed by atoms with Crippen molar-refractivity contribution in [2.24, 2.45) is 0 Å². The van der Waals surface area contributed by atoms with Crippen LogP contribution in [0.5, 0.6) is 5.88 Å². The summed E-state index contributed by atoms with van der Waals surface area (Å²) in [5.74, 6) is -0.548. The first kappa shape index (κ1) is 14.2. The fourth-order valence-electron chi connectivity index (χ4n) is 1.72. The van der Waals surface area contributed by atoms with E-state index >= 15 is 0 Å². The molecule has 0 saturated carbocycles. The van der Waals surface area contributed by atoms with Crippen LogP contribution in [-0.4, -0.2) is 40.9 Å². The zero-order chi connectivity index (χ0) is 14.4. The Labute approximate surface area is 116 Å². The van der Waals surface area contributed by atoms with E-state index in [4.69, 9.17) is 14.6 Å². The highest BCUT2D eigenvalue weighted by Gasteiger charge is 2.08. The Kier molecular flexibility index (Phi) is 4.84. The highest BCUT2D eigenvalue weighted by atomic mass is 16.5. The molecule has 0 aliphatic heterocycles. The van der Waals surface area contributed by atoms with Crippen molar-refractivity contribution in [3.8, 4) is 5.88 Å². The molecular weight excluding hydrogens is 260 g/mol. The molecule has 0 bridgehead atoms. The second kappa shape index (κ2) is 6.81. The van der Waals surface area contributed by atoms with Gasteiger partial charge in [-0.25, -0.2) is 14.8 Å². The van der Waals surface area contributed by atoms with Crippen LogP contribution in [0.3, 0.4) is 0 Å². The number of ether oxygens (including phenoxy) is 2. The quantitative estimate of drug-likeness (QED) is 0.780. The maximum Gasteiger partial charge on any atom is 0.335 e. The summed E-state index contributed by atoms with van der Waals surface area (Å²) >= 11 is 0. The van der Waals surface area contributed by atoms with Crippen LogP contribution in [0.4, 0.5) is 0 Å². The summed E-state index contributed by atoms with van der Waals surface area (Å²) in [6, 6.07) is 4.66. The molecular formula is C14H16N2O4. The predicted molar refractivity (Wildman–Crippen MR) is 73.1 cm³/mol. The van der Waals surface area contributed by atoms with Crippen LogP contribution in [-0.2, 0) is 4.74 Å². The highest BCUT2D eigenvalue weighted by Crippen LogP contribution is 2.22. The Morgan fingerprint density at radius 3 is 2.85 bits per heavy atom. The van der Waals surface area contributed by atoms with Crippen molar-refractivity contribution in [1.29, 1.82) is 0 Å². The summed E-state index contributed by atoms with van der Waals surface area (Å²) in [7, 11) is 0. The topological polar surface area (TPSA) is 81.5 Å². The molecule has 0 unspecified atom stereocenters. The van der Waals surface area contributed by atoms with E-state index in [2.05, 4.69) is 9.97 Å². The Morgan fingerprint density at radius 1 is 1.25 bits per heavy atom. The fraction of sp³-hybridized carbons (Fsp3) is 0.357. The van der Waals surface area contributed by atoms with Crippen LogP contribution in [0.15, 0.2) is 24.5 Å². The van der Waals surface area contributed by atoms with E-state index in [-0.39, 0.29) is 5.56 Å². The van der Waals surface area contributed by atoms with Crippen LogP contribution in [0.2, 0.25) is 0 Å². The van der Waals surface area contributed by atoms with Crippen LogP contribution >= 0.6 is 0 Å². The van der Waals surface area contributed by atoms with Gasteiger partial charge in [-0.2, -0.15) is 0 Å². The third-order valence-corrected chi connectivity index (χ3v) is 2.66. The van der Waals surface area contributed by atoms with Gasteiger partial charge in [-0.3, -0.25) is 0 Å². The molecule has 20 heavy (non-hydrogen) atoms. The molecule has 1 aromatic heterocycles. The van der Waals surface area contributed by atoms with E-state index in [1.807, 2.05) is 6.92 Å². The van der Waals surface area contributed by atoms with Crippen molar-refractivity contribution in [3.63, 3.8) is 0 Å². The lowest BCUT2D eigenvalue weighted by Crippen LogP contribution is -2.08. The fourth-order valence-corrected chi connectivity index (χ4v) is 1.72. The van der Waals surface area contributed by atoms with Gasteiger partial charge in [-0.15, -0.1) is 0 Å². The van der Waals surface area contributed by atoms with Crippen LogP contribution < -0.4 is 4.74 Å². The van der Waals surface area contributed by atoms with Crippen molar-refractivity contribution in [2.75, 3.05) is 19.8 Å². The Balaban J connectivity index is 2.11. The van der Waals surface area contributed by atoms with Crippen molar-refractivity contribution in [1.82, 2.24) is 9.97 Å². The number of aromatic carboxylic acids is 1. The van der Waals surface area contributed by atoms with Crippen molar-refractivity contribution < 1.29 is 19.4 Å². The molecule has 106 valence electrons. The molecule has 1 aromatic carbocycles. The summed E-state index contributed by atoms with van der Waals surface area (Å²) < 4.78 is 10.9. The van der Waals surface area contributed by atoms with Gasteiger partial charge in [0.2, 0.25) is 5.88 Å². The first-order chi connectivity index (χ1) is 9.72. The van der Waals surface area contributed by atoms with Gasteiger partial charge in [0.05, 0.1) is 23.1 Å². The third kappa shape index (κ3) is 3.42. The Morgan fingerprint density at radius 2 is 2.10 bits per heavy atom. The Hall–Kier alpha value is -2.21. The molecule has 0 radical (unpaired) electrons. The molecule has 1 heterocycles. The first-order valence-corrected chi connectivity index (χ1v) is 6.41. The lowest BCUT2D eigenvalue weighted by molar-refractivity contribution is 0.0697. The number of carboxylic acid groups (broad SMARTS) is 1. The summed E-state index contributed by atoms with van der Waals surface area (Å²) in [5.41, 5.74) is 0.734. The molecule has 2 aromatic rings. The number of hydrogen-bond donors (Lipinski definition) is 1. The number of carboxylic acids is 1. The molecule has 2 rings (SSSR count). The maximum atomic E-state index is 10.9. The van der Waals surface area contributed by atoms with Crippen LogP contribution in [0, 0.1) is 0 Å². The van der Waals surface area contributed by atoms with Crippen molar-refractivity contribution >= 4 is 16.9 Å². The minimum atomic E-state index is -0.985. The van der Waals surface area contributed by atoms with Gasteiger partial charge in [0.1, 0.15) is 12.9 Å². The number of benzene rings is 1. The normalized spacial score (nSPS) is 10.7. The number of nitrogens with zero attached hydrogens (tertiary/aromatic N) is 2. The van der Waals surface area contributed by atoms with E-state index in [0.29, 0.717) is 36.6 Å². The molecule has 0 saturated heterocycles. The van der Waals surface area contributed by atoms with Crippen LogP contribution in [0.1, 0.15) is 23.7 Å². The minimum Gasteiger partial charge on any atom is -0.478 e. The zero-order valence-electron chi connectivity index (χ0n) is 11.2. The van der Waals surface area contributed by atoms with Crippen molar-refractivity contribution in [3.05, 3.63) is 30.1 Å². The lowest BCUT2D eigenvalue weighted by atomic mass is 10.1. The summed E-state index contributed by atoms with van der Waals surface area (Å²) in [5, 5.41) is 9.63. The molecule has 1 N–H and O–H groups in total. The molecule has 0 fully saturated rings. The van der Waals surface area contributed by atoms with Crippen molar-refractivity contribution in [2.45, 2.75) is 13.3 Å². The molecule has 0 atom stereocenters. The average Bonchev–Trinajstić information content (AvgIpc) is 2.46. The van der Waals surface area contributed by atoms with E-state index in [9.17, 15) is 4.79 Å². The summed E-state index contributed by atoms with van der Waals surface area (Å²) in [6.45, 7) is 3.63. The van der Waals surface area contributed by atoms with Gasteiger partial charge in [-0.1, -0.05) is 6.92 Å². The second-order valence-electron chi connectivity index (χ2n) is 4.18. The monoisotopic (exact) mass is 276 g/mol. The standard InChI is InChI=1S/C14H16N2O4/c1-2-5-19-6-7-20-13-11-4-3-10(14(17)18)8-12(11)15-9-16-13/h3-4,8-9H,2,5-7H2,1H3,(H,17,18). The highest BCUT2D eigenvalue weighted by molar-refractivity contribution is 5.94. The first-order valence-electron chi connectivity index (χ1n) is 6.41. The van der Waals surface area contributed by atoms with Gasteiger partial charge in [0.15, 0.2) is 0 Å². The summed E-state index contributed by atoms with van der Waals surface area (Å²) in [6.07, 6.45) is 2.32. The third-order valence-electron chi connectivity index (χ3n) is 2.66. The zero-order valence-corrected chi connectivity index (χ0v) is 11.2. The van der Waals surface area contributed by atoms with Gasteiger partial charge >= 0.3 is 5.97 Å².